The van der Waals surface area contributed by atoms with Crippen molar-refractivity contribution in [3.8, 4) is 45.6 Å². The van der Waals surface area contributed by atoms with Gasteiger partial charge in [0.1, 0.15) is 0 Å². The first kappa shape index (κ1) is 57.0. The van der Waals surface area contributed by atoms with E-state index >= 15 is 0 Å². The van der Waals surface area contributed by atoms with Crippen LogP contribution >= 0.6 is 28.2 Å². The van der Waals surface area contributed by atoms with Crippen LogP contribution < -0.4 is 40.0 Å². The summed E-state index contributed by atoms with van der Waals surface area (Å²) in [6.07, 6.45) is 6.58. The standard InChI is InChI=1S/2C11H7N5.2C9H11N2.CHF3O3S.Ag.2Au.ClH.HI/c2*1-2-8(10-4-6-12-15-10)14-9(3-1)11-5-7-13-16-11;2*1-10-7-11(2)9-6-4-3-5-8(9)10;2-1(3,4)8(5,6)7;;;;;/h2*1-7H;2*3-7H,1-2H3;(H,5,6,7);;;;2*1H/q2*-2;2*-1;;2*+1;+3;;/p-3. The van der Waals surface area contributed by atoms with Crippen molar-refractivity contribution in [2.45, 2.75) is 5.51 Å². The quantitative estimate of drug-likeness (QED) is 0.0560. The van der Waals surface area contributed by atoms with Crippen LogP contribution in [-0.2, 0) is 69.7 Å². The van der Waals surface area contributed by atoms with Gasteiger partial charge in [0.05, 0.1) is 22.8 Å². The van der Waals surface area contributed by atoms with Crippen molar-refractivity contribution in [2.24, 2.45) is 0 Å². The maximum absolute atomic E-state index is 10.7. The van der Waals surface area contributed by atoms with Crippen molar-refractivity contribution in [2.75, 3.05) is 47.8 Å². The molecule has 0 unspecified atom stereocenters. The molecule has 8 heterocycles. The van der Waals surface area contributed by atoms with Crippen LogP contribution in [0.25, 0.3) is 45.6 Å². The van der Waals surface area contributed by atoms with Gasteiger partial charge in [0.2, 0.25) is 0 Å². The molecule has 0 saturated heterocycles. The van der Waals surface area contributed by atoms with Gasteiger partial charge >= 0.3 is 93.3 Å². The summed E-state index contributed by atoms with van der Waals surface area (Å²) >= 11 is 6.63. The van der Waals surface area contributed by atoms with Crippen LogP contribution in [0.4, 0.5) is 35.9 Å². The fraction of sp³-hybridized carbons (Fsp3) is 0.122. The largest absolute Gasteiger partial charge is 0.574 e. The summed E-state index contributed by atoms with van der Waals surface area (Å²) in [6, 6.07) is 35.4. The van der Waals surface area contributed by atoms with Crippen molar-refractivity contribution >= 4 is 61.1 Å². The Morgan fingerprint density at radius 3 is 0.940 bits per heavy atom. The van der Waals surface area contributed by atoms with Gasteiger partial charge in [-0.3, -0.25) is 9.97 Å². The molecule has 0 N–H and O–H groups in total. The van der Waals surface area contributed by atoms with Gasteiger partial charge in [0.25, 0.3) is 0 Å². The summed E-state index contributed by atoms with van der Waals surface area (Å²) in [5, 5.41) is 30.9. The summed E-state index contributed by atoms with van der Waals surface area (Å²) in [5.74, 6) is 0. The van der Waals surface area contributed by atoms with Crippen molar-refractivity contribution in [3.63, 3.8) is 0 Å². The third-order valence-corrected chi connectivity index (χ3v) is 9.23. The second-order valence-corrected chi connectivity index (χ2v) is 14.4. The molecule has 10 rings (SSSR count). The molecule has 6 aromatic heterocycles. The first-order chi connectivity index (χ1) is 31.7. The second-order valence-electron chi connectivity index (χ2n) is 13.0. The normalized spacial score (nSPS) is 12.0. The zero-order chi connectivity index (χ0) is 48.3. The number of hydrogen-bond donors (Lipinski definition) is 0. The first-order valence-electron chi connectivity index (χ1n) is 18.5. The predicted molar refractivity (Wildman–Crippen MR) is 245 cm³/mol. The Morgan fingerprint density at radius 2 is 0.761 bits per heavy atom. The molecule has 0 fully saturated rings. The van der Waals surface area contributed by atoms with Gasteiger partial charge in [-0.05, 0) is 76.7 Å². The number of aromatic nitrogens is 10. The molecule has 366 valence electrons. The van der Waals surface area contributed by atoms with E-state index < -0.39 is 15.6 Å². The molecule has 0 aliphatic carbocycles. The van der Waals surface area contributed by atoms with E-state index in [0.29, 0.717) is 0 Å². The third kappa shape index (κ3) is 16.7. The molecule has 67 heavy (non-hydrogen) atoms. The number of alkyl halides is 3. The zero-order valence-corrected chi connectivity index (χ0v) is 44.6. The molecule has 8 aromatic rings. The van der Waals surface area contributed by atoms with Crippen molar-refractivity contribution < 1.29 is 85.8 Å². The van der Waals surface area contributed by atoms with Crippen molar-refractivity contribution in [1.29, 1.82) is 0 Å². The van der Waals surface area contributed by atoms with Gasteiger partial charge in [-0.1, -0.05) is 83.4 Å². The average molecular weight is 1530 g/mol. The number of hydrogen-bond acceptors (Lipinski definition) is 13. The van der Waals surface area contributed by atoms with Gasteiger partial charge in [0, 0.05) is 47.5 Å². The van der Waals surface area contributed by atoms with E-state index in [0.717, 1.165) is 45.6 Å². The summed E-state index contributed by atoms with van der Waals surface area (Å²) in [5.41, 5.74) is 5.67. The van der Waals surface area contributed by atoms with E-state index in [1.165, 1.54) is 22.7 Å². The van der Waals surface area contributed by atoms with Gasteiger partial charge < -0.3 is 64.9 Å². The molecular weight excluding hydrogens is 1490 g/mol. The Labute approximate surface area is 439 Å². The Kier molecular flexibility index (Phi) is 24.1. The van der Waals surface area contributed by atoms with E-state index in [4.69, 9.17) is 13.0 Å². The summed E-state index contributed by atoms with van der Waals surface area (Å²) < 4.78 is 58.9. The van der Waals surface area contributed by atoms with Crippen LogP contribution in [0.15, 0.2) is 134 Å². The minimum absolute atomic E-state index is 0. The van der Waals surface area contributed by atoms with Crippen LogP contribution in [0.1, 0.15) is 0 Å². The molecule has 2 aliphatic rings. The Morgan fingerprint density at radius 1 is 0.537 bits per heavy atom. The number of benzene rings is 2. The molecule has 0 atom stereocenters. The van der Waals surface area contributed by atoms with E-state index in [-0.39, 0.29) is 22.4 Å². The molecule has 26 heteroatoms. The van der Waals surface area contributed by atoms with E-state index in [1.807, 2.05) is 79.7 Å². The SMILES string of the molecule is CN1[CH-]N(C)c2ccccc21.CN1[CH-]N(C)c2ccccc21.O=S(=O)([O-])C(F)(F)F.[Ag][I].[Au+3].[Cl][Au].c1cc(-c2ccn[n-]2)nc(-c2ccn[n-]2)c1.c1cc(-c2ccn[n-]2)nc(-c2ccn[n-]2)c1. The summed E-state index contributed by atoms with van der Waals surface area (Å²) in [4.78, 5) is 17.4. The molecule has 0 radical (unpaired) electrons. The maximum atomic E-state index is 10.7. The molecule has 17 nitrogen and oxygen atoms in total. The van der Waals surface area contributed by atoms with Crippen LogP contribution in [0.3, 0.4) is 0 Å². The van der Waals surface area contributed by atoms with Gasteiger partial charge in [0.15, 0.2) is 10.1 Å². The van der Waals surface area contributed by atoms with Crippen LogP contribution in [0, 0.1) is 13.3 Å². The zero-order valence-electron chi connectivity index (χ0n) is 35.0. The maximum Gasteiger partial charge on any atom is 0.0500 e. The average Bonchev–Trinajstić information content (AvgIpc) is 4.20. The number of pyridine rings is 2. The minimum atomic E-state index is -6.09. The molecule has 2 aromatic carbocycles. The Hall–Kier alpha value is -4.28. The fourth-order valence-electron chi connectivity index (χ4n) is 5.81. The summed E-state index contributed by atoms with van der Waals surface area (Å²) in [7, 11) is 6.72. The van der Waals surface area contributed by atoms with Gasteiger partial charge in [-0.2, -0.15) is 26.5 Å². The van der Waals surface area contributed by atoms with Crippen molar-refractivity contribution in [3.05, 3.63) is 147 Å². The monoisotopic (exact) mass is 1520 g/mol. The Bertz CT molecular complexity index is 2410. The molecule has 0 saturated carbocycles. The number of fused-ring (bicyclic) bond motifs is 2. The van der Waals surface area contributed by atoms with Crippen LogP contribution in [0.2, 0.25) is 0 Å². The second kappa shape index (κ2) is 28.3. The fourth-order valence-corrected chi connectivity index (χ4v) is 5.81. The van der Waals surface area contributed by atoms with Gasteiger partial charge in [-0.25, -0.2) is 8.42 Å². The van der Waals surface area contributed by atoms with E-state index in [1.54, 1.807) is 44.8 Å². The number of rotatable bonds is 4. The Balaban J connectivity index is 0.000000221. The molecule has 2 aliphatic heterocycles. The van der Waals surface area contributed by atoms with Crippen LogP contribution in [-0.4, -0.2) is 77.0 Å². The minimum Gasteiger partial charge on any atom is -0.574 e. The van der Waals surface area contributed by atoms with E-state index in [9.17, 15) is 13.2 Å². The van der Waals surface area contributed by atoms with Crippen molar-refractivity contribution in [1.82, 2.24) is 50.8 Å². The summed E-state index contributed by atoms with van der Waals surface area (Å²) in [6.45, 7) is 4.15. The molecule has 0 spiro atoms. The third-order valence-electron chi connectivity index (χ3n) is 8.67. The molecule has 0 bridgehead atoms. The topological polar surface area (TPSA) is 204 Å². The first-order valence-corrected chi connectivity index (χ1v) is 27.0. The molecule has 0 amide bonds. The smallest absolute Gasteiger partial charge is 0.0500 e. The molecular formula is C41H36AgAu2ClF3IN14O3S-4. The van der Waals surface area contributed by atoms with Gasteiger partial charge in [-0.15, -0.1) is 0 Å². The number of anilines is 4. The van der Waals surface area contributed by atoms with E-state index in [2.05, 4.69) is 187 Å². The number of para-hydroxylation sites is 4. The number of halogens is 5. The number of nitrogens with zero attached hydrogens (tertiary/aromatic N) is 14. The predicted octanol–water partition coefficient (Wildman–Crippen LogP) is 7.24. The van der Waals surface area contributed by atoms with Crippen LogP contribution in [0.5, 0.6) is 0 Å².